The van der Waals surface area contributed by atoms with Crippen LogP contribution in [0.25, 0.3) is 0 Å². The number of anilines is 3. The van der Waals surface area contributed by atoms with Gasteiger partial charge in [0, 0.05) is 182 Å². The van der Waals surface area contributed by atoms with Crippen molar-refractivity contribution in [3.8, 4) is 0 Å². The maximum absolute atomic E-state index is 13.6. The van der Waals surface area contributed by atoms with Gasteiger partial charge in [0.15, 0.2) is 18.9 Å². The first kappa shape index (κ1) is 98.8. The zero-order chi connectivity index (χ0) is 85.3. The molecule has 0 radical (unpaired) electrons. The Bertz CT molecular complexity index is 3120. The summed E-state index contributed by atoms with van der Waals surface area (Å²) in [5.74, 6) is -3.04. The van der Waals surface area contributed by atoms with Crippen LogP contribution in [0.15, 0.2) is 0 Å². The molecule has 4 aliphatic rings. The molecule has 0 saturated carbocycles. The van der Waals surface area contributed by atoms with E-state index in [1.165, 1.54) is 20.8 Å². The molecule has 116 heavy (non-hydrogen) atoms. The van der Waals surface area contributed by atoms with Crippen molar-refractivity contribution in [3.05, 3.63) is 0 Å². The lowest BCUT2D eigenvalue weighted by molar-refractivity contribution is -0.270. The number of aliphatic hydroxyl groups excluding tert-OH is 9. The second-order valence-electron chi connectivity index (χ2n) is 29.7. The number of aromatic nitrogens is 3. The fourth-order valence-corrected chi connectivity index (χ4v) is 12.8. The molecule has 0 aromatic carbocycles. The molecule has 0 spiro atoms. The van der Waals surface area contributed by atoms with E-state index < -0.39 is 135 Å². The summed E-state index contributed by atoms with van der Waals surface area (Å²) in [6.07, 6.45) is -10.6. The summed E-state index contributed by atoms with van der Waals surface area (Å²) >= 11 is 0. The molecule has 4 aliphatic heterocycles. The van der Waals surface area contributed by atoms with Crippen LogP contribution in [0.3, 0.4) is 0 Å². The van der Waals surface area contributed by atoms with Gasteiger partial charge in [0.05, 0.1) is 19.8 Å². The molecule has 1 aromatic heterocycles. The lowest BCUT2D eigenvalue weighted by atomic mass is 9.83. The van der Waals surface area contributed by atoms with Gasteiger partial charge in [-0.25, -0.2) is 0 Å². The van der Waals surface area contributed by atoms with Gasteiger partial charge in [-0.1, -0.05) is 20.8 Å². The maximum Gasteiger partial charge on any atom is 0.232 e. The van der Waals surface area contributed by atoms with Crippen LogP contribution in [-0.4, -0.2) is 347 Å². The molecule has 10 amide bonds. The Morgan fingerprint density at radius 3 is 1.13 bits per heavy atom. The van der Waals surface area contributed by atoms with Gasteiger partial charge in [0.1, 0.15) is 78.8 Å². The average molecular weight is 1660 g/mol. The quantitative estimate of drug-likeness (QED) is 0.0270. The first-order valence-electron chi connectivity index (χ1n) is 40.3. The molecule has 0 bridgehead atoms. The number of hydrogen-bond acceptors (Lipinski definition) is 32. The van der Waals surface area contributed by atoms with Crippen LogP contribution in [0.1, 0.15) is 164 Å². The van der Waals surface area contributed by atoms with E-state index in [1.807, 2.05) is 25.7 Å². The summed E-state index contributed by atoms with van der Waals surface area (Å²) in [6, 6.07) is -3.31. The minimum atomic E-state index is -1.47. The van der Waals surface area contributed by atoms with Crippen LogP contribution in [0.5, 0.6) is 0 Å². The molecule has 42 heteroatoms. The normalized spacial score (nSPS) is 24.1. The van der Waals surface area contributed by atoms with Crippen LogP contribution in [0, 0.1) is 5.41 Å². The Balaban J connectivity index is 1.17. The lowest BCUT2D eigenvalue weighted by Gasteiger charge is -2.42. The minimum absolute atomic E-state index is 0.0153. The van der Waals surface area contributed by atoms with E-state index in [-0.39, 0.29) is 195 Å². The number of hydrogen-bond donors (Lipinski definition) is 19. The number of ketones is 1. The van der Waals surface area contributed by atoms with Gasteiger partial charge < -0.3 is 142 Å². The molecule has 0 aliphatic carbocycles. The highest BCUT2D eigenvalue weighted by Gasteiger charge is 2.48. The molecule has 5 heterocycles. The lowest BCUT2D eigenvalue weighted by Crippen LogP contribution is -2.64. The van der Waals surface area contributed by atoms with E-state index in [9.17, 15) is 98.7 Å². The third-order valence-electron chi connectivity index (χ3n) is 20.1. The highest BCUT2D eigenvalue weighted by atomic mass is 16.7. The molecule has 15 atom stereocenters. The largest absolute Gasteiger partial charge is 0.394 e. The number of carbonyl (C=O) groups is 11. The number of carbonyl (C=O) groups excluding carboxylic acids is 11. The van der Waals surface area contributed by atoms with Crippen molar-refractivity contribution in [1.29, 1.82) is 0 Å². The Labute approximate surface area is 675 Å². The van der Waals surface area contributed by atoms with Crippen LogP contribution in [-0.2, 0) is 81.2 Å². The average Bonchev–Trinajstić information content (AvgIpc) is 0.837. The van der Waals surface area contributed by atoms with E-state index in [4.69, 9.17) is 43.4 Å². The van der Waals surface area contributed by atoms with Crippen molar-refractivity contribution in [2.24, 2.45) is 5.41 Å². The molecule has 15 unspecified atom stereocenters. The summed E-state index contributed by atoms with van der Waals surface area (Å²) in [4.78, 5) is 160. The van der Waals surface area contributed by atoms with Crippen LogP contribution < -0.4 is 63.0 Å². The molecule has 4 saturated heterocycles. The summed E-state index contributed by atoms with van der Waals surface area (Å²) in [7, 11) is 0. The molecule has 42 nitrogen and oxygen atoms in total. The Morgan fingerprint density at radius 1 is 0.431 bits per heavy atom. The van der Waals surface area contributed by atoms with Gasteiger partial charge in [-0.3, -0.25) is 52.7 Å². The minimum Gasteiger partial charge on any atom is -0.394 e. The number of piperazine rings is 1. The molecule has 1 aromatic rings. The van der Waals surface area contributed by atoms with Gasteiger partial charge in [0.2, 0.25) is 76.9 Å². The summed E-state index contributed by atoms with van der Waals surface area (Å²) in [5, 5.41) is 119. The molecule has 660 valence electrons. The highest BCUT2D eigenvalue weighted by Crippen LogP contribution is 2.28. The van der Waals surface area contributed by atoms with Crippen LogP contribution in [0.4, 0.5) is 17.8 Å². The second-order valence-corrected chi connectivity index (χ2v) is 29.7. The Kier molecular flexibility index (Phi) is 45.0. The Hall–Kier alpha value is -7.82. The number of amides is 10. The van der Waals surface area contributed by atoms with E-state index in [0.717, 1.165) is 0 Å². The number of rotatable bonds is 54. The number of Topliss-reactive ketones (excluding diaryl/α,β-unsaturated/α-hetero) is 1. The summed E-state index contributed by atoms with van der Waals surface area (Å²) in [6.45, 7) is 10.3. The van der Waals surface area contributed by atoms with E-state index in [2.05, 4.69) is 53.2 Å². The SMILES string of the molecule is CCC(C)(C)C(=O)CCCC(=O)N1CCN(c2nc(NCCC(=O)NCCCNC(=O)CCCCOC3OC(CO)C(O)C(O)C3NC(C)=O)nc(N(CCC(=O)NCCCNC(=O)CCCCOC3OC(CO)C(O)C(O)C3NC(C)=O)CCC(=O)NCCCNC(=O)CCCCOC3OC(CO)C(O)C(O)C3NC(C)=O)n2)CC1. The fourth-order valence-electron chi connectivity index (χ4n) is 12.8. The zero-order valence-electron chi connectivity index (χ0n) is 67.7. The van der Waals surface area contributed by atoms with Gasteiger partial charge in [-0.2, -0.15) is 15.0 Å². The number of nitrogens with one attached hydrogen (secondary N) is 10. The zero-order valence-corrected chi connectivity index (χ0v) is 67.7. The van der Waals surface area contributed by atoms with Crippen LogP contribution >= 0.6 is 0 Å². The monoisotopic (exact) mass is 1660 g/mol. The van der Waals surface area contributed by atoms with E-state index in [0.29, 0.717) is 96.8 Å². The van der Waals surface area contributed by atoms with Crippen molar-refractivity contribution < 1.29 is 127 Å². The topological polar surface area (TPSA) is 594 Å². The smallest absolute Gasteiger partial charge is 0.232 e. The van der Waals surface area contributed by atoms with E-state index >= 15 is 0 Å². The first-order valence-corrected chi connectivity index (χ1v) is 40.3. The predicted octanol–water partition coefficient (Wildman–Crippen LogP) is -5.66. The number of aliphatic hydroxyl groups is 9. The summed E-state index contributed by atoms with van der Waals surface area (Å²) < 4.78 is 33.9. The van der Waals surface area contributed by atoms with Crippen molar-refractivity contribution in [1.82, 2.24) is 67.7 Å². The number of unbranched alkanes of at least 4 members (excludes halogenated alkanes) is 3. The first-order chi connectivity index (χ1) is 55.4. The van der Waals surface area contributed by atoms with E-state index in [1.54, 1.807) is 9.80 Å². The van der Waals surface area contributed by atoms with Gasteiger partial charge in [-0.05, 0) is 70.6 Å². The van der Waals surface area contributed by atoms with Crippen molar-refractivity contribution in [3.63, 3.8) is 0 Å². The van der Waals surface area contributed by atoms with Crippen molar-refractivity contribution in [2.45, 2.75) is 255 Å². The van der Waals surface area contributed by atoms with Crippen LogP contribution in [0.2, 0.25) is 0 Å². The van der Waals surface area contributed by atoms with Gasteiger partial charge >= 0.3 is 0 Å². The molecular weight excluding hydrogens is 1530 g/mol. The standard InChI is InChI=1S/C74H128N16O26/c1-7-74(5,6)51(97)18-14-22-58(104)88-35-37-90(38-36-88)73-86-71(81-32-23-55(101)78-29-15-26-75-52(98)19-8-11-39-111-68-59(82-45(2)94)65(108)62(105)48(42-91)114-68)85-72(87-73)89(33-24-56(102)79-30-16-27-76-53(99)20-9-12-40-112-69-60(83-46(3)95)66(109)63(106)49(43-92)115-69)34-25-57(103)80-31-17-28-77-54(100)21-10-13-41-113-70-61(84-47(4)96)67(110)64(107)50(44-93)116-70/h48-50,59-70,91-93,105-110H,7-44H2,1-6H3,(H,75,98)(H,76,99)(H,77,100)(H,78,101)(H,79,102)(H,80,103)(H,82,94)(H,83,95)(H,84,96)(H,81,85,86,87). The third-order valence-corrected chi connectivity index (χ3v) is 20.1. The van der Waals surface area contributed by atoms with Crippen molar-refractivity contribution >= 4 is 82.7 Å². The third kappa shape index (κ3) is 35.0. The molecule has 4 fully saturated rings. The summed E-state index contributed by atoms with van der Waals surface area (Å²) in [5.41, 5.74) is -0.492. The maximum atomic E-state index is 13.6. The number of ether oxygens (including phenoxy) is 6. The second kappa shape index (κ2) is 52.9. The van der Waals surface area contributed by atoms with Gasteiger partial charge in [0.25, 0.3) is 0 Å². The predicted molar refractivity (Wildman–Crippen MR) is 414 cm³/mol. The molecule has 19 N–H and O–H groups in total. The van der Waals surface area contributed by atoms with Crippen molar-refractivity contribution in [2.75, 3.05) is 140 Å². The molecule has 5 rings (SSSR count). The Morgan fingerprint density at radius 2 is 0.784 bits per heavy atom. The fraction of sp³-hybridized carbons (Fsp3) is 0.811. The number of nitrogens with zero attached hydrogens (tertiary/aromatic N) is 6. The molecular formula is C74H128N16O26. The van der Waals surface area contributed by atoms with Gasteiger partial charge in [-0.15, -0.1) is 0 Å². The highest BCUT2D eigenvalue weighted by molar-refractivity contribution is 5.85.